The molecule has 2 unspecified atom stereocenters. The van der Waals surface area contributed by atoms with Crippen molar-refractivity contribution in [1.82, 2.24) is 0 Å². The second-order valence-electron chi connectivity index (χ2n) is 6.53. The van der Waals surface area contributed by atoms with Crippen LogP contribution in [-0.4, -0.2) is 33.3 Å². The van der Waals surface area contributed by atoms with E-state index in [-0.39, 0.29) is 30.1 Å². The number of rotatable bonds is 6. The molecule has 3 rings (SSSR count). The minimum absolute atomic E-state index is 0. The van der Waals surface area contributed by atoms with E-state index in [0.29, 0.717) is 29.9 Å². The van der Waals surface area contributed by atoms with E-state index in [1.165, 1.54) is 5.56 Å². The maximum Gasteiger partial charge on any atom is 0.193 e. The van der Waals surface area contributed by atoms with Crippen LogP contribution in [0.1, 0.15) is 24.5 Å². The van der Waals surface area contributed by atoms with Crippen molar-refractivity contribution in [2.24, 2.45) is 16.6 Å². The average molecular weight is 497 g/mol. The Labute approximate surface area is 183 Å². The molecule has 152 valence electrons. The number of ether oxygens (including phenoxy) is 3. The summed E-state index contributed by atoms with van der Waals surface area (Å²) in [7, 11) is 3.21. The summed E-state index contributed by atoms with van der Waals surface area (Å²) in [5, 5.41) is 3.11. The average Bonchev–Trinajstić information content (AvgIpc) is 2.73. The highest BCUT2D eigenvalue weighted by Crippen LogP contribution is 2.34. The van der Waals surface area contributed by atoms with Crippen molar-refractivity contribution >= 4 is 35.6 Å². The lowest BCUT2D eigenvalue weighted by Crippen LogP contribution is -2.28. The number of benzene rings is 2. The summed E-state index contributed by atoms with van der Waals surface area (Å²) < 4.78 is 16.6. The number of hydrogen-bond acceptors (Lipinski definition) is 4. The maximum absolute atomic E-state index is 6.10. The maximum atomic E-state index is 6.10. The van der Waals surface area contributed by atoms with Crippen molar-refractivity contribution in [3.05, 3.63) is 54.1 Å². The highest BCUT2D eigenvalue weighted by atomic mass is 127. The van der Waals surface area contributed by atoms with Crippen LogP contribution in [0, 0.1) is 5.92 Å². The Morgan fingerprint density at radius 2 is 1.89 bits per heavy atom. The Hall–Kier alpha value is -2.00. The van der Waals surface area contributed by atoms with Gasteiger partial charge in [-0.25, -0.2) is 0 Å². The van der Waals surface area contributed by atoms with Gasteiger partial charge in [-0.3, -0.25) is 4.99 Å². The minimum atomic E-state index is 0. The number of halogens is 1. The van der Waals surface area contributed by atoms with Crippen molar-refractivity contribution in [1.29, 1.82) is 0 Å². The van der Waals surface area contributed by atoms with Crippen molar-refractivity contribution in [3.8, 4) is 11.5 Å². The second kappa shape index (κ2) is 11.1. The standard InChI is InChI=1S/C21H27N3O3.HI/c1-25-18-11-10-17(13-19(18)26-2)24-21(22)23-14-16-9-6-12-27-20(16)15-7-4-3-5-8-15;/h3-5,7-8,10-11,13,16,20H,6,9,12,14H2,1-2H3,(H3,22,23,24);1H. The van der Waals surface area contributed by atoms with Crippen molar-refractivity contribution in [3.63, 3.8) is 0 Å². The van der Waals surface area contributed by atoms with Gasteiger partial charge in [0.1, 0.15) is 0 Å². The van der Waals surface area contributed by atoms with E-state index >= 15 is 0 Å². The van der Waals surface area contributed by atoms with Gasteiger partial charge in [-0.2, -0.15) is 0 Å². The van der Waals surface area contributed by atoms with Crippen LogP contribution in [0.25, 0.3) is 0 Å². The van der Waals surface area contributed by atoms with Crippen molar-refractivity contribution in [2.45, 2.75) is 18.9 Å². The summed E-state index contributed by atoms with van der Waals surface area (Å²) in [6.45, 7) is 1.41. The van der Waals surface area contributed by atoms with Crippen molar-refractivity contribution in [2.75, 3.05) is 32.7 Å². The van der Waals surface area contributed by atoms with Gasteiger partial charge in [0.15, 0.2) is 17.5 Å². The van der Waals surface area contributed by atoms with Gasteiger partial charge in [0.05, 0.1) is 20.3 Å². The highest BCUT2D eigenvalue weighted by Gasteiger charge is 2.27. The summed E-state index contributed by atoms with van der Waals surface area (Å²) in [4.78, 5) is 4.55. The zero-order chi connectivity index (χ0) is 19.1. The van der Waals surface area contributed by atoms with Gasteiger partial charge in [0.25, 0.3) is 0 Å². The van der Waals surface area contributed by atoms with Gasteiger partial charge in [-0.1, -0.05) is 30.3 Å². The minimum Gasteiger partial charge on any atom is -0.493 e. The fourth-order valence-corrected chi connectivity index (χ4v) is 3.36. The number of guanidine groups is 1. The van der Waals surface area contributed by atoms with E-state index in [0.717, 1.165) is 25.1 Å². The van der Waals surface area contributed by atoms with E-state index in [2.05, 4.69) is 22.4 Å². The molecule has 1 aliphatic rings. The molecule has 1 heterocycles. The fraction of sp³-hybridized carbons (Fsp3) is 0.381. The van der Waals surface area contributed by atoms with Crippen LogP contribution in [-0.2, 0) is 4.74 Å². The molecule has 0 saturated carbocycles. The molecule has 1 fully saturated rings. The molecule has 7 heteroatoms. The van der Waals surface area contributed by atoms with Gasteiger partial charge in [0.2, 0.25) is 0 Å². The lowest BCUT2D eigenvalue weighted by Gasteiger charge is -2.31. The Morgan fingerprint density at radius 3 is 2.61 bits per heavy atom. The van der Waals surface area contributed by atoms with E-state index in [4.69, 9.17) is 19.9 Å². The summed E-state index contributed by atoms with van der Waals surface area (Å²) >= 11 is 0. The monoisotopic (exact) mass is 497 g/mol. The second-order valence-corrected chi connectivity index (χ2v) is 6.53. The first-order valence-electron chi connectivity index (χ1n) is 9.16. The van der Waals surface area contributed by atoms with Gasteiger partial charge in [0, 0.05) is 30.8 Å². The molecular weight excluding hydrogens is 469 g/mol. The molecule has 1 saturated heterocycles. The van der Waals surface area contributed by atoms with Crippen LogP contribution < -0.4 is 20.5 Å². The fourth-order valence-electron chi connectivity index (χ4n) is 3.36. The molecule has 0 spiro atoms. The van der Waals surface area contributed by atoms with Crippen LogP contribution in [0.15, 0.2) is 53.5 Å². The van der Waals surface area contributed by atoms with Crippen molar-refractivity contribution < 1.29 is 14.2 Å². The molecule has 28 heavy (non-hydrogen) atoms. The van der Waals surface area contributed by atoms with Gasteiger partial charge in [-0.05, 0) is 30.5 Å². The normalized spacial score (nSPS) is 19.4. The molecule has 6 nitrogen and oxygen atoms in total. The largest absolute Gasteiger partial charge is 0.493 e. The van der Waals surface area contributed by atoms with E-state index < -0.39 is 0 Å². The predicted octanol–water partition coefficient (Wildman–Crippen LogP) is 4.22. The van der Waals surface area contributed by atoms with Crippen LogP contribution in [0.4, 0.5) is 5.69 Å². The first-order valence-corrected chi connectivity index (χ1v) is 9.16. The van der Waals surface area contributed by atoms with E-state index in [1.807, 2.05) is 36.4 Å². The SMILES string of the molecule is COc1ccc(NC(N)=NCC2CCCOC2c2ccccc2)cc1OC.I. The molecule has 2 aromatic carbocycles. The van der Waals surface area contributed by atoms with Gasteiger partial charge < -0.3 is 25.3 Å². The quantitative estimate of drug-likeness (QED) is 0.355. The molecule has 1 aliphatic heterocycles. The van der Waals surface area contributed by atoms with Gasteiger partial charge >= 0.3 is 0 Å². The number of nitrogens with one attached hydrogen (secondary N) is 1. The Balaban J connectivity index is 0.00000280. The van der Waals surface area contributed by atoms with E-state index in [9.17, 15) is 0 Å². The summed E-state index contributed by atoms with van der Waals surface area (Å²) in [5.41, 5.74) is 8.09. The molecule has 2 atom stereocenters. The molecule has 0 amide bonds. The zero-order valence-electron chi connectivity index (χ0n) is 16.3. The van der Waals surface area contributed by atoms with Gasteiger partial charge in [-0.15, -0.1) is 24.0 Å². The highest BCUT2D eigenvalue weighted by molar-refractivity contribution is 14.0. The smallest absolute Gasteiger partial charge is 0.193 e. The molecule has 0 radical (unpaired) electrons. The predicted molar refractivity (Wildman–Crippen MR) is 123 cm³/mol. The molecule has 0 aliphatic carbocycles. The number of nitrogens with zero attached hydrogens (tertiary/aromatic N) is 1. The van der Waals surface area contributed by atoms with E-state index in [1.54, 1.807) is 14.2 Å². The molecular formula is C21H28IN3O3. The topological polar surface area (TPSA) is 78.1 Å². The summed E-state index contributed by atoms with van der Waals surface area (Å²) in [6.07, 6.45) is 2.19. The summed E-state index contributed by atoms with van der Waals surface area (Å²) in [5.74, 6) is 2.00. The van der Waals surface area contributed by atoms with Crippen LogP contribution >= 0.6 is 24.0 Å². The third-order valence-corrected chi connectivity index (χ3v) is 4.73. The third kappa shape index (κ3) is 5.75. The number of hydrogen-bond donors (Lipinski definition) is 2. The van der Waals surface area contributed by atoms with Crippen LogP contribution in [0.3, 0.4) is 0 Å². The molecule has 2 aromatic rings. The Bertz CT molecular complexity index is 771. The number of methoxy groups -OCH3 is 2. The molecule has 0 bridgehead atoms. The lowest BCUT2D eigenvalue weighted by molar-refractivity contribution is -0.0249. The Morgan fingerprint density at radius 1 is 1.14 bits per heavy atom. The number of nitrogens with two attached hydrogens (primary N) is 1. The van der Waals surface area contributed by atoms with Crippen LogP contribution in [0.5, 0.6) is 11.5 Å². The Kier molecular flexibility index (Phi) is 8.85. The third-order valence-electron chi connectivity index (χ3n) is 4.73. The lowest BCUT2D eigenvalue weighted by atomic mass is 9.89. The molecule has 0 aromatic heterocycles. The summed E-state index contributed by atoms with van der Waals surface area (Å²) in [6, 6.07) is 15.9. The van der Waals surface area contributed by atoms with Crippen LogP contribution in [0.2, 0.25) is 0 Å². The number of aliphatic imine (C=N–C) groups is 1. The first kappa shape index (κ1) is 22.3. The number of anilines is 1. The first-order chi connectivity index (χ1) is 13.2. The zero-order valence-corrected chi connectivity index (χ0v) is 18.6. The molecule has 3 N–H and O–H groups in total.